The summed E-state index contributed by atoms with van der Waals surface area (Å²) >= 11 is 3.55. The van der Waals surface area contributed by atoms with E-state index in [-0.39, 0.29) is 5.78 Å². The summed E-state index contributed by atoms with van der Waals surface area (Å²) in [6, 6.07) is 41.2. The molecule has 0 unspecified atom stereocenters. The first-order valence-electron chi connectivity index (χ1n) is 13.8. The molecule has 0 atom stereocenters. The van der Waals surface area contributed by atoms with Crippen LogP contribution in [0, 0.1) is 0 Å². The molecular weight excluding hydrogens is 584 g/mol. The molecule has 2 aromatic heterocycles. The zero-order valence-corrected chi connectivity index (χ0v) is 24.2. The van der Waals surface area contributed by atoms with Gasteiger partial charge in [0.25, 0.3) is 0 Å². The average molecular weight is 608 g/mol. The number of carbonyl (C=O) groups excluding carboxylic acids is 1. The summed E-state index contributed by atoms with van der Waals surface area (Å²) in [5, 5.41) is 4.32. The number of para-hydroxylation sites is 4. The van der Waals surface area contributed by atoms with Crippen LogP contribution in [0.25, 0.3) is 77.3 Å². The maximum atomic E-state index is 12.8. The summed E-state index contributed by atoms with van der Waals surface area (Å²) in [6.45, 7) is 1.61. The summed E-state index contributed by atoms with van der Waals surface area (Å²) in [6.07, 6.45) is 0. The molecule has 0 saturated heterocycles. The second kappa shape index (κ2) is 9.57. The summed E-state index contributed by atoms with van der Waals surface area (Å²) in [7, 11) is 0. The van der Waals surface area contributed by atoms with Crippen molar-refractivity contribution in [2.45, 2.75) is 6.92 Å². The van der Waals surface area contributed by atoms with Crippen LogP contribution in [-0.4, -0.2) is 5.78 Å². The van der Waals surface area contributed by atoms with E-state index >= 15 is 0 Å². The lowest BCUT2D eigenvalue weighted by Crippen LogP contribution is -1.97. The van der Waals surface area contributed by atoms with E-state index < -0.39 is 0 Å². The van der Waals surface area contributed by atoms with Crippen LogP contribution in [0.4, 0.5) is 0 Å². The van der Waals surface area contributed by atoms with Gasteiger partial charge < -0.3 is 8.83 Å². The van der Waals surface area contributed by atoms with E-state index in [4.69, 9.17) is 8.83 Å². The highest BCUT2D eigenvalue weighted by Gasteiger charge is 2.18. The van der Waals surface area contributed by atoms with Crippen molar-refractivity contribution in [3.05, 3.63) is 131 Å². The number of hydrogen-bond donors (Lipinski definition) is 0. The van der Waals surface area contributed by atoms with Gasteiger partial charge in [-0.15, -0.1) is 0 Å². The van der Waals surface area contributed by atoms with Gasteiger partial charge in [0.05, 0.1) is 0 Å². The molecule has 3 nitrogen and oxygen atoms in total. The molecule has 0 saturated carbocycles. The second-order valence-corrected chi connectivity index (χ2v) is 11.5. The molecular formula is C38H23BrO3. The molecule has 4 heteroatoms. The van der Waals surface area contributed by atoms with Crippen molar-refractivity contribution in [1.29, 1.82) is 0 Å². The Balaban J connectivity index is 1.45. The first kappa shape index (κ1) is 24.8. The molecule has 0 amide bonds. The molecule has 42 heavy (non-hydrogen) atoms. The number of fused-ring (bicyclic) bond motifs is 6. The summed E-state index contributed by atoms with van der Waals surface area (Å²) in [5.41, 5.74) is 9.86. The number of Topliss-reactive ketones (excluding diaryl/α,β-unsaturated/α-hetero) is 1. The number of carbonyl (C=O) groups is 1. The highest BCUT2D eigenvalue weighted by molar-refractivity contribution is 9.10. The minimum absolute atomic E-state index is 0.0111. The standard InChI is InChI=1S/C38H23BrO3/c1-22(40)34-21-26(39)16-17-27(34)23-18-24(28-10-6-12-32-30-8-2-4-14-35(30)41-37(28)32)20-25(19-23)29-11-7-13-33-31-9-3-5-15-36(31)42-38(29)33/h2-21H,1H3. The number of rotatable bonds is 4. The van der Waals surface area contributed by atoms with Crippen LogP contribution in [0.5, 0.6) is 0 Å². The average Bonchev–Trinajstić information content (AvgIpc) is 3.59. The van der Waals surface area contributed by atoms with Crippen molar-refractivity contribution >= 4 is 65.6 Å². The van der Waals surface area contributed by atoms with Crippen LogP contribution in [0.15, 0.2) is 135 Å². The number of hydrogen-bond acceptors (Lipinski definition) is 3. The van der Waals surface area contributed by atoms with Gasteiger partial charge in [-0.1, -0.05) is 94.8 Å². The van der Waals surface area contributed by atoms with E-state index in [0.29, 0.717) is 5.56 Å². The third-order valence-corrected chi connectivity index (χ3v) is 8.53. The predicted molar refractivity (Wildman–Crippen MR) is 175 cm³/mol. The molecule has 0 fully saturated rings. The lowest BCUT2D eigenvalue weighted by Gasteiger charge is -2.14. The second-order valence-electron chi connectivity index (χ2n) is 10.6. The Hall–Kier alpha value is -4.93. The van der Waals surface area contributed by atoms with Gasteiger partial charge in [0.1, 0.15) is 22.3 Å². The maximum absolute atomic E-state index is 12.8. The largest absolute Gasteiger partial charge is 0.455 e. The number of halogens is 1. The quantitative estimate of drug-likeness (QED) is 0.187. The van der Waals surface area contributed by atoms with Crippen LogP contribution in [-0.2, 0) is 0 Å². The van der Waals surface area contributed by atoms with E-state index in [1.165, 1.54) is 0 Å². The van der Waals surface area contributed by atoms with Crippen molar-refractivity contribution in [3.8, 4) is 33.4 Å². The third-order valence-electron chi connectivity index (χ3n) is 8.04. The number of benzene rings is 6. The van der Waals surface area contributed by atoms with Gasteiger partial charge in [-0.3, -0.25) is 4.79 Å². The molecule has 0 aliphatic heterocycles. The normalized spacial score (nSPS) is 11.7. The maximum Gasteiger partial charge on any atom is 0.160 e. The lowest BCUT2D eigenvalue weighted by atomic mass is 9.90. The topological polar surface area (TPSA) is 43.4 Å². The van der Waals surface area contributed by atoms with E-state index in [1.54, 1.807) is 6.92 Å². The fraction of sp³-hybridized carbons (Fsp3) is 0.0263. The fourth-order valence-corrected chi connectivity index (χ4v) is 6.46. The van der Waals surface area contributed by atoms with Crippen molar-refractivity contribution in [2.24, 2.45) is 0 Å². The van der Waals surface area contributed by atoms with Gasteiger partial charge in [-0.25, -0.2) is 0 Å². The van der Waals surface area contributed by atoms with Gasteiger partial charge in [-0.05, 0) is 71.6 Å². The van der Waals surface area contributed by atoms with Crippen molar-refractivity contribution in [2.75, 3.05) is 0 Å². The van der Waals surface area contributed by atoms with E-state index in [9.17, 15) is 4.79 Å². The Labute approximate surface area is 250 Å². The minimum Gasteiger partial charge on any atom is -0.455 e. The molecule has 0 bridgehead atoms. The Morgan fingerprint density at radius 3 is 1.52 bits per heavy atom. The predicted octanol–water partition coefficient (Wildman–Crippen LogP) is 11.5. The number of furan rings is 2. The molecule has 0 aliphatic carbocycles. The summed E-state index contributed by atoms with van der Waals surface area (Å²) in [4.78, 5) is 12.8. The number of ketones is 1. The molecule has 0 radical (unpaired) electrons. The van der Waals surface area contributed by atoms with Gasteiger partial charge in [0, 0.05) is 42.7 Å². The fourth-order valence-electron chi connectivity index (χ4n) is 6.10. The summed E-state index contributed by atoms with van der Waals surface area (Å²) in [5.74, 6) is 0.0111. The highest BCUT2D eigenvalue weighted by Crippen LogP contribution is 2.42. The Morgan fingerprint density at radius 1 is 0.524 bits per heavy atom. The van der Waals surface area contributed by atoms with Gasteiger partial charge in [-0.2, -0.15) is 0 Å². The van der Waals surface area contributed by atoms with E-state index in [1.807, 2.05) is 54.6 Å². The van der Waals surface area contributed by atoms with Crippen molar-refractivity contribution < 1.29 is 13.6 Å². The molecule has 8 aromatic rings. The minimum atomic E-state index is 0.0111. The van der Waals surface area contributed by atoms with Crippen LogP contribution in [0.1, 0.15) is 17.3 Å². The van der Waals surface area contributed by atoms with Crippen molar-refractivity contribution in [3.63, 3.8) is 0 Å². The Morgan fingerprint density at radius 2 is 1.00 bits per heavy atom. The van der Waals surface area contributed by atoms with Crippen LogP contribution >= 0.6 is 15.9 Å². The van der Waals surface area contributed by atoms with E-state index in [2.05, 4.69) is 82.7 Å². The first-order chi connectivity index (χ1) is 20.5. The first-order valence-corrected chi connectivity index (χ1v) is 14.6. The SMILES string of the molecule is CC(=O)c1cc(Br)ccc1-c1cc(-c2cccc3c2oc2ccccc23)cc(-c2cccc3c2oc2ccccc23)c1. The van der Waals surface area contributed by atoms with Crippen LogP contribution < -0.4 is 0 Å². The zero-order chi connectivity index (χ0) is 28.4. The third kappa shape index (κ3) is 3.91. The highest BCUT2D eigenvalue weighted by atomic mass is 79.9. The van der Waals surface area contributed by atoms with Gasteiger partial charge >= 0.3 is 0 Å². The monoisotopic (exact) mass is 606 g/mol. The van der Waals surface area contributed by atoms with Gasteiger partial charge in [0.15, 0.2) is 5.78 Å². The molecule has 200 valence electrons. The van der Waals surface area contributed by atoms with Crippen LogP contribution in [0.3, 0.4) is 0 Å². The summed E-state index contributed by atoms with van der Waals surface area (Å²) < 4.78 is 13.7. The molecule has 2 heterocycles. The molecule has 6 aromatic carbocycles. The molecule has 0 aliphatic rings. The molecule has 8 rings (SSSR count). The molecule has 0 N–H and O–H groups in total. The van der Waals surface area contributed by atoms with Gasteiger partial charge in [0.2, 0.25) is 0 Å². The van der Waals surface area contributed by atoms with Crippen molar-refractivity contribution in [1.82, 2.24) is 0 Å². The van der Waals surface area contributed by atoms with E-state index in [0.717, 1.165) is 81.7 Å². The smallest absolute Gasteiger partial charge is 0.160 e. The Bertz CT molecular complexity index is 2220. The molecule has 0 spiro atoms. The Kier molecular flexibility index (Phi) is 5.66. The zero-order valence-electron chi connectivity index (χ0n) is 22.6. The van der Waals surface area contributed by atoms with Crippen LogP contribution in [0.2, 0.25) is 0 Å². The lowest BCUT2D eigenvalue weighted by molar-refractivity contribution is 0.101.